The number of aromatic nitrogens is 2. The fourth-order valence-electron chi connectivity index (χ4n) is 3.40. The molecule has 0 N–H and O–H groups in total. The van der Waals surface area contributed by atoms with Crippen molar-refractivity contribution in [2.75, 3.05) is 32.5 Å². The van der Waals surface area contributed by atoms with Gasteiger partial charge < -0.3 is 14.2 Å². The van der Waals surface area contributed by atoms with Crippen LogP contribution in [0.2, 0.25) is 0 Å². The van der Waals surface area contributed by atoms with Gasteiger partial charge >= 0.3 is 0 Å². The maximum Gasteiger partial charge on any atom is 0.260 e. The summed E-state index contributed by atoms with van der Waals surface area (Å²) in [6, 6.07) is 13.2. The van der Waals surface area contributed by atoms with Crippen LogP contribution in [0.25, 0.3) is 10.2 Å². The molecule has 0 aliphatic heterocycles. The van der Waals surface area contributed by atoms with Gasteiger partial charge in [0.2, 0.25) is 5.75 Å². The van der Waals surface area contributed by atoms with Crippen LogP contribution in [0.4, 0.5) is 5.13 Å². The van der Waals surface area contributed by atoms with Gasteiger partial charge in [0.05, 0.1) is 38.1 Å². The van der Waals surface area contributed by atoms with Gasteiger partial charge in [-0.05, 0) is 48.2 Å². The predicted molar refractivity (Wildman–Crippen MR) is 132 cm³/mol. The zero-order chi connectivity index (χ0) is 23.4. The van der Waals surface area contributed by atoms with E-state index in [0.717, 1.165) is 20.7 Å². The molecule has 170 valence electrons. The number of pyridine rings is 1. The predicted octanol–water partition coefficient (Wildman–Crippen LogP) is 5.29. The third kappa shape index (κ3) is 4.74. The molecule has 4 rings (SSSR count). The van der Waals surface area contributed by atoms with E-state index in [-0.39, 0.29) is 5.91 Å². The molecule has 0 radical (unpaired) electrons. The zero-order valence-electron chi connectivity index (χ0n) is 18.7. The molecule has 0 aliphatic rings. The average Bonchev–Trinajstić information content (AvgIpc) is 3.29. The molecule has 0 saturated heterocycles. The van der Waals surface area contributed by atoms with Crippen LogP contribution in [-0.2, 0) is 6.54 Å². The monoisotopic (exact) mass is 481 g/mol. The van der Waals surface area contributed by atoms with Crippen LogP contribution < -0.4 is 19.1 Å². The summed E-state index contributed by atoms with van der Waals surface area (Å²) in [5.74, 6) is 1.02. The Morgan fingerprint density at radius 2 is 1.82 bits per heavy atom. The van der Waals surface area contributed by atoms with E-state index in [0.29, 0.717) is 34.5 Å². The number of anilines is 1. The van der Waals surface area contributed by atoms with E-state index in [4.69, 9.17) is 19.2 Å². The van der Waals surface area contributed by atoms with Gasteiger partial charge in [-0.25, -0.2) is 4.98 Å². The van der Waals surface area contributed by atoms with E-state index >= 15 is 0 Å². The molecular weight excluding hydrogens is 458 g/mol. The number of hydrogen-bond acceptors (Lipinski definition) is 8. The second-order valence-corrected chi connectivity index (χ2v) is 8.89. The fraction of sp³-hybridized carbons (Fsp3) is 0.208. The molecule has 0 atom stereocenters. The minimum atomic E-state index is -0.234. The lowest BCUT2D eigenvalue weighted by atomic mass is 10.1. The van der Waals surface area contributed by atoms with Crippen molar-refractivity contribution in [3.63, 3.8) is 0 Å². The second kappa shape index (κ2) is 10.1. The van der Waals surface area contributed by atoms with Crippen molar-refractivity contribution in [2.45, 2.75) is 11.4 Å². The van der Waals surface area contributed by atoms with Crippen molar-refractivity contribution in [1.29, 1.82) is 0 Å². The fourth-order valence-corrected chi connectivity index (χ4v) is 4.91. The number of thiazole rings is 1. The van der Waals surface area contributed by atoms with Gasteiger partial charge in [0.15, 0.2) is 16.6 Å². The van der Waals surface area contributed by atoms with Crippen molar-refractivity contribution < 1.29 is 19.0 Å². The number of benzene rings is 2. The zero-order valence-corrected chi connectivity index (χ0v) is 20.3. The number of carbonyl (C=O) groups is 1. The number of methoxy groups -OCH3 is 3. The van der Waals surface area contributed by atoms with Gasteiger partial charge in [-0.3, -0.25) is 14.7 Å². The Hall–Kier alpha value is -3.30. The molecule has 0 aliphatic carbocycles. The molecule has 7 nitrogen and oxygen atoms in total. The van der Waals surface area contributed by atoms with Crippen LogP contribution in [0.5, 0.6) is 17.2 Å². The highest BCUT2D eigenvalue weighted by Crippen LogP contribution is 2.39. The first-order valence-corrected chi connectivity index (χ1v) is 12.1. The van der Waals surface area contributed by atoms with Crippen LogP contribution in [0.15, 0.2) is 59.8 Å². The van der Waals surface area contributed by atoms with Crippen molar-refractivity contribution in [1.82, 2.24) is 9.97 Å². The third-order valence-corrected chi connectivity index (χ3v) is 6.80. The van der Waals surface area contributed by atoms with E-state index in [2.05, 4.69) is 11.1 Å². The van der Waals surface area contributed by atoms with Crippen LogP contribution in [0.1, 0.15) is 15.9 Å². The standard InChI is InChI=1S/C24H23N3O4S2/c1-29-19-10-16(11-20(30-2)22(19)31-3)23(28)27(14-15-6-5-9-25-13-15)24-26-18-8-7-17(32-4)12-21(18)33-24/h5-13H,14H2,1-4H3. The summed E-state index contributed by atoms with van der Waals surface area (Å²) in [6.07, 6.45) is 5.48. The summed E-state index contributed by atoms with van der Waals surface area (Å²) in [6.45, 7) is 0.318. The number of ether oxygens (including phenoxy) is 3. The first kappa shape index (κ1) is 22.9. The van der Waals surface area contributed by atoms with E-state index in [1.54, 1.807) is 41.2 Å². The number of hydrogen-bond donors (Lipinski definition) is 0. The summed E-state index contributed by atoms with van der Waals surface area (Å²) >= 11 is 3.15. The number of amides is 1. The molecule has 0 saturated carbocycles. The highest BCUT2D eigenvalue weighted by Gasteiger charge is 2.25. The van der Waals surface area contributed by atoms with E-state index in [1.807, 2.05) is 30.5 Å². The molecule has 33 heavy (non-hydrogen) atoms. The van der Waals surface area contributed by atoms with Gasteiger partial charge in [-0.2, -0.15) is 0 Å². The Morgan fingerprint density at radius 1 is 1.06 bits per heavy atom. The molecule has 0 spiro atoms. The van der Waals surface area contributed by atoms with Crippen molar-refractivity contribution >= 4 is 44.4 Å². The molecule has 9 heteroatoms. The molecule has 0 unspecified atom stereocenters. The average molecular weight is 482 g/mol. The van der Waals surface area contributed by atoms with Gasteiger partial charge in [0.25, 0.3) is 5.91 Å². The smallest absolute Gasteiger partial charge is 0.260 e. The molecule has 2 aromatic heterocycles. The summed E-state index contributed by atoms with van der Waals surface area (Å²) in [5.41, 5.74) is 2.14. The van der Waals surface area contributed by atoms with Crippen LogP contribution in [0.3, 0.4) is 0 Å². The Labute approximate surface area is 200 Å². The van der Waals surface area contributed by atoms with E-state index in [9.17, 15) is 4.79 Å². The largest absolute Gasteiger partial charge is 0.493 e. The third-order valence-electron chi connectivity index (χ3n) is 5.04. The molecule has 0 bridgehead atoms. The first-order chi connectivity index (χ1) is 16.1. The molecule has 1 amide bonds. The topological polar surface area (TPSA) is 73.8 Å². The number of nitrogens with zero attached hydrogens (tertiary/aromatic N) is 3. The lowest BCUT2D eigenvalue weighted by Gasteiger charge is -2.21. The Kier molecular flexibility index (Phi) is 7.00. The summed E-state index contributed by atoms with van der Waals surface area (Å²) in [5, 5.41) is 0.603. The molecular formula is C24H23N3O4S2. The summed E-state index contributed by atoms with van der Waals surface area (Å²) in [7, 11) is 4.58. The highest BCUT2D eigenvalue weighted by molar-refractivity contribution is 7.98. The molecule has 0 fully saturated rings. The Balaban J connectivity index is 1.81. The van der Waals surface area contributed by atoms with Crippen LogP contribution >= 0.6 is 23.1 Å². The minimum absolute atomic E-state index is 0.234. The van der Waals surface area contributed by atoms with E-state index < -0.39 is 0 Å². The summed E-state index contributed by atoms with van der Waals surface area (Å²) in [4.78, 5) is 25.6. The Bertz CT molecular complexity index is 1250. The number of carbonyl (C=O) groups excluding carboxylic acids is 1. The van der Waals surface area contributed by atoms with Gasteiger partial charge in [0, 0.05) is 22.9 Å². The lowest BCUT2D eigenvalue weighted by Crippen LogP contribution is -2.30. The SMILES string of the molecule is COc1cc(C(=O)N(Cc2cccnc2)c2nc3ccc(SC)cc3s2)cc(OC)c1OC. The van der Waals surface area contributed by atoms with Crippen molar-refractivity contribution in [3.8, 4) is 17.2 Å². The van der Waals surface area contributed by atoms with Gasteiger partial charge in [-0.15, -0.1) is 11.8 Å². The van der Waals surface area contributed by atoms with Crippen molar-refractivity contribution in [3.05, 3.63) is 66.0 Å². The minimum Gasteiger partial charge on any atom is -0.493 e. The maximum absolute atomic E-state index is 13.8. The summed E-state index contributed by atoms with van der Waals surface area (Å²) < 4.78 is 17.3. The molecule has 4 aromatic rings. The van der Waals surface area contributed by atoms with Gasteiger partial charge in [-0.1, -0.05) is 17.4 Å². The maximum atomic E-state index is 13.8. The van der Waals surface area contributed by atoms with Crippen molar-refractivity contribution in [2.24, 2.45) is 0 Å². The normalized spacial score (nSPS) is 10.8. The Morgan fingerprint density at radius 3 is 2.42 bits per heavy atom. The quantitative estimate of drug-likeness (QED) is 0.317. The number of fused-ring (bicyclic) bond motifs is 1. The molecule has 2 heterocycles. The molecule has 2 aromatic carbocycles. The van der Waals surface area contributed by atoms with E-state index in [1.165, 1.54) is 32.7 Å². The second-order valence-electron chi connectivity index (χ2n) is 7.00. The number of thioether (sulfide) groups is 1. The highest BCUT2D eigenvalue weighted by atomic mass is 32.2. The van der Waals surface area contributed by atoms with Crippen LogP contribution in [-0.4, -0.2) is 43.5 Å². The lowest BCUT2D eigenvalue weighted by molar-refractivity contribution is 0.0984. The van der Waals surface area contributed by atoms with Gasteiger partial charge in [0.1, 0.15) is 0 Å². The first-order valence-electron chi connectivity index (χ1n) is 10.0. The number of rotatable bonds is 8. The van der Waals surface area contributed by atoms with Crippen LogP contribution in [0, 0.1) is 0 Å².